The summed E-state index contributed by atoms with van der Waals surface area (Å²) in [4.78, 5) is 15.6. The number of anilines is 1. The van der Waals surface area contributed by atoms with Gasteiger partial charge in [-0.15, -0.1) is 0 Å². The molecule has 0 unspecified atom stereocenters. The maximum Gasteiger partial charge on any atom is 0.203 e. The Morgan fingerprint density at radius 1 is 1.47 bits per heavy atom. The summed E-state index contributed by atoms with van der Waals surface area (Å²) in [5.41, 5.74) is 1.54. The van der Waals surface area contributed by atoms with Crippen molar-refractivity contribution in [2.75, 3.05) is 11.9 Å². The Kier molecular flexibility index (Phi) is 2.29. The van der Waals surface area contributed by atoms with E-state index in [1.165, 1.54) is 0 Å². The van der Waals surface area contributed by atoms with Crippen molar-refractivity contribution in [1.82, 2.24) is 9.55 Å². The summed E-state index contributed by atoms with van der Waals surface area (Å²) in [5, 5.41) is 3.22. The molecule has 0 radical (unpaired) electrons. The minimum Gasteiger partial charge on any atom is -0.356 e. The minimum atomic E-state index is -0.0811. The zero-order chi connectivity index (χ0) is 11.1. The zero-order valence-electron chi connectivity index (χ0n) is 9.50. The van der Waals surface area contributed by atoms with Crippen LogP contribution in [0, 0.1) is 0 Å². The highest BCUT2D eigenvalue weighted by Crippen LogP contribution is 2.28. The Balaban J connectivity index is 2.56. The van der Waals surface area contributed by atoms with Gasteiger partial charge in [-0.3, -0.25) is 4.79 Å². The van der Waals surface area contributed by atoms with Gasteiger partial charge in [0.1, 0.15) is 5.69 Å². The van der Waals surface area contributed by atoms with Gasteiger partial charge in [-0.25, -0.2) is 4.98 Å². The van der Waals surface area contributed by atoms with E-state index < -0.39 is 0 Å². The van der Waals surface area contributed by atoms with Crippen molar-refractivity contribution in [3.63, 3.8) is 0 Å². The van der Waals surface area contributed by atoms with E-state index in [1.54, 1.807) is 0 Å². The summed E-state index contributed by atoms with van der Waals surface area (Å²) >= 11 is 0. The second-order valence-corrected chi connectivity index (χ2v) is 4.97. The molecule has 0 spiro atoms. The number of nitrogens with one attached hydrogen (secondary N) is 1. The van der Waals surface area contributed by atoms with Gasteiger partial charge < -0.3 is 9.88 Å². The van der Waals surface area contributed by atoms with Crippen molar-refractivity contribution < 1.29 is 4.79 Å². The number of carbonyl (C=O) groups is 1. The van der Waals surface area contributed by atoms with Crippen LogP contribution in [0.1, 0.15) is 43.4 Å². The first-order valence-electron chi connectivity index (χ1n) is 5.34. The molecule has 0 saturated carbocycles. The third kappa shape index (κ3) is 1.64. The van der Waals surface area contributed by atoms with Crippen LogP contribution in [0.5, 0.6) is 0 Å². The summed E-state index contributed by atoms with van der Waals surface area (Å²) in [7, 11) is 0. The Bertz CT molecular complexity index is 387. The van der Waals surface area contributed by atoms with Gasteiger partial charge in [-0.05, 0) is 6.42 Å². The van der Waals surface area contributed by atoms with Crippen LogP contribution in [0.15, 0.2) is 0 Å². The molecule has 1 aromatic rings. The van der Waals surface area contributed by atoms with Crippen LogP contribution >= 0.6 is 0 Å². The fraction of sp³-hybridized carbons (Fsp3) is 0.636. The predicted molar refractivity (Wildman–Crippen MR) is 59.4 cm³/mol. The molecule has 0 aromatic carbocycles. The number of hydrogen-bond donors (Lipinski definition) is 1. The quantitative estimate of drug-likeness (QED) is 0.714. The Hall–Kier alpha value is -1.32. The second kappa shape index (κ2) is 3.36. The van der Waals surface area contributed by atoms with Gasteiger partial charge in [0.15, 0.2) is 6.29 Å². The number of aldehydes is 1. The standard InChI is InChI=1S/C11H17N3O/c1-11(2,3)9-8(7-15)14-6-4-5-12-10(14)13-9/h7H,4-6H2,1-3H3,(H,12,13). The van der Waals surface area contributed by atoms with E-state index in [0.29, 0.717) is 0 Å². The number of rotatable bonds is 1. The summed E-state index contributed by atoms with van der Waals surface area (Å²) < 4.78 is 1.98. The van der Waals surface area contributed by atoms with Crippen LogP contribution in [0.25, 0.3) is 0 Å². The lowest BCUT2D eigenvalue weighted by molar-refractivity contribution is 0.111. The van der Waals surface area contributed by atoms with Gasteiger partial charge in [-0.2, -0.15) is 0 Å². The minimum absolute atomic E-state index is 0.0811. The number of hydrogen-bond acceptors (Lipinski definition) is 3. The van der Waals surface area contributed by atoms with E-state index in [-0.39, 0.29) is 5.41 Å². The van der Waals surface area contributed by atoms with Gasteiger partial charge in [0.05, 0.1) is 5.69 Å². The lowest BCUT2D eigenvalue weighted by atomic mass is 9.91. The van der Waals surface area contributed by atoms with E-state index in [0.717, 1.165) is 43.1 Å². The fourth-order valence-corrected chi connectivity index (χ4v) is 1.94. The number of aromatic nitrogens is 2. The average molecular weight is 207 g/mol. The van der Waals surface area contributed by atoms with Crippen LogP contribution in [0.4, 0.5) is 5.95 Å². The van der Waals surface area contributed by atoms with Crippen molar-refractivity contribution >= 4 is 12.2 Å². The predicted octanol–water partition coefficient (Wildman–Crippen LogP) is 1.81. The van der Waals surface area contributed by atoms with Crippen LogP contribution in [0.2, 0.25) is 0 Å². The van der Waals surface area contributed by atoms with E-state index in [1.807, 2.05) is 4.57 Å². The van der Waals surface area contributed by atoms with E-state index in [4.69, 9.17) is 0 Å². The van der Waals surface area contributed by atoms with Crippen LogP contribution in [0.3, 0.4) is 0 Å². The van der Waals surface area contributed by atoms with E-state index in [9.17, 15) is 4.79 Å². The summed E-state index contributed by atoms with van der Waals surface area (Å²) in [6, 6.07) is 0. The normalized spacial score (nSPS) is 15.7. The van der Waals surface area contributed by atoms with Crippen LogP contribution in [-0.2, 0) is 12.0 Å². The molecule has 0 aliphatic carbocycles. The van der Waals surface area contributed by atoms with Gasteiger partial charge in [0, 0.05) is 18.5 Å². The average Bonchev–Trinajstić information content (AvgIpc) is 2.55. The third-order valence-corrected chi connectivity index (χ3v) is 2.67. The third-order valence-electron chi connectivity index (χ3n) is 2.67. The van der Waals surface area contributed by atoms with Crippen LogP contribution in [-0.4, -0.2) is 22.4 Å². The molecule has 1 aliphatic heterocycles. The second-order valence-electron chi connectivity index (χ2n) is 4.97. The molecule has 1 aromatic heterocycles. The summed E-state index contributed by atoms with van der Waals surface area (Å²) in [5.74, 6) is 0.841. The zero-order valence-corrected chi connectivity index (χ0v) is 9.50. The SMILES string of the molecule is CC(C)(C)c1nc2n(c1C=O)CCCN2. The Morgan fingerprint density at radius 3 is 2.80 bits per heavy atom. The molecule has 4 heteroatoms. The molecular weight excluding hydrogens is 190 g/mol. The number of imidazole rings is 1. The smallest absolute Gasteiger partial charge is 0.203 e. The fourth-order valence-electron chi connectivity index (χ4n) is 1.94. The summed E-state index contributed by atoms with van der Waals surface area (Å²) in [6.45, 7) is 8.06. The molecule has 1 aliphatic rings. The van der Waals surface area contributed by atoms with Gasteiger partial charge in [0.2, 0.25) is 5.95 Å². The first-order valence-corrected chi connectivity index (χ1v) is 5.34. The Morgan fingerprint density at radius 2 is 2.20 bits per heavy atom. The van der Waals surface area contributed by atoms with Gasteiger partial charge >= 0.3 is 0 Å². The molecule has 0 atom stereocenters. The molecular formula is C11H17N3O. The highest BCUT2D eigenvalue weighted by molar-refractivity contribution is 5.76. The van der Waals surface area contributed by atoms with Crippen molar-refractivity contribution in [3.8, 4) is 0 Å². The maximum atomic E-state index is 11.1. The first-order chi connectivity index (χ1) is 7.04. The number of carbonyl (C=O) groups excluding carboxylic acids is 1. The molecule has 15 heavy (non-hydrogen) atoms. The molecule has 4 nitrogen and oxygen atoms in total. The molecule has 0 bridgehead atoms. The largest absolute Gasteiger partial charge is 0.356 e. The van der Waals surface area contributed by atoms with Crippen LogP contribution < -0.4 is 5.32 Å². The first kappa shape index (κ1) is 10.2. The highest BCUT2D eigenvalue weighted by atomic mass is 16.1. The van der Waals surface area contributed by atoms with E-state index in [2.05, 4.69) is 31.1 Å². The monoisotopic (exact) mass is 207 g/mol. The molecule has 0 fully saturated rings. The number of nitrogens with zero attached hydrogens (tertiary/aromatic N) is 2. The molecule has 0 amide bonds. The van der Waals surface area contributed by atoms with E-state index >= 15 is 0 Å². The lowest BCUT2D eigenvalue weighted by Gasteiger charge is -2.17. The molecule has 2 heterocycles. The molecule has 2 rings (SSSR count). The maximum absolute atomic E-state index is 11.1. The topological polar surface area (TPSA) is 46.9 Å². The van der Waals surface area contributed by atoms with Crippen molar-refractivity contribution in [2.24, 2.45) is 0 Å². The molecule has 0 saturated heterocycles. The van der Waals surface area contributed by atoms with Crippen molar-refractivity contribution in [2.45, 2.75) is 39.2 Å². The lowest BCUT2D eigenvalue weighted by Crippen LogP contribution is -2.19. The molecule has 1 N–H and O–H groups in total. The summed E-state index contributed by atoms with van der Waals surface area (Å²) in [6.07, 6.45) is 1.97. The number of fused-ring (bicyclic) bond motifs is 1. The Labute approximate surface area is 89.7 Å². The van der Waals surface area contributed by atoms with Gasteiger partial charge in [0.25, 0.3) is 0 Å². The van der Waals surface area contributed by atoms with Gasteiger partial charge in [-0.1, -0.05) is 20.8 Å². The molecule has 82 valence electrons. The highest BCUT2D eigenvalue weighted by Gasteiger charge is 2.26. The van der Waals surface area contributed by atoms with Crippen molar-refractivity contribution in [1.29, 1.82) is 0 Å². The van der Waals surface area contributed by atoms with Crippen molar-refractivity contribution in [3.05, 3.63) is 11.4 Å².